The Balaban J connectivity index is 1.51. The molecule has 1 unspecified atom stereocenters. The van der Waals surface area contributed by atoms with Crippen LogP contribution in [-0.4, -0.2) is 73.0 Å². The molecule has 1 amide bonds. The van der Waals surface area contributed by atoms with Crippen LogP contribution in [0.1, 0.15) is 44.9 Å². The molecule has 0 fully saturated rings. The number of benzene rings is 2. The summed E-state index contributed by atoms with van der Waals surface area (Å²) in [6.45, 7) is 6.37. The minimum atomic E-state index is -4.71. The van der Waals surface area contributed by atoms with Gasteiger partial charge in [-0.05, 0) is 63.9 Å². The zero-order chi connectivity index (χ0) is 35.6. The van der Waals surface area contributed by atoms with E-state index < -0.39 is 46.5 Å². The first-order valence-electron chi connectivity index (χ1n) is 14.4. The molecule has 3 aromatic rings. The Bertz CT molecular complexity index is 1680. The smallest absolute Gasteiger partial charge is 0.511 e. The topological polar surface area (TPSA) is 177 Å². The van der Waals surface area contributed by atoms with Crippen molar-refractivity contribution in [1.82, 2.24) is 19.5 Å². The van der Waals surface area contributed by atoms with Crippen LogP contribution in [0.2, 0.25) is 0 Å². The number of ether oxygens (including phenoxy) is 3. The Morgan fingerprint density at radius 2 is 1.71 bits per heavy atom. The van der Waals surface area contributed by atoms with Gasteiger partial charge < -0.3 is 19.4 Å². The fraction of sp³-hybridized carbons (Fsp3) is 0.414. The normalized spacial score (nSPS) is 12.7. The first kappa shape index (κ1) is 37.4. The first-order valence-corrected chi connectivity index (χ1v) is 15.9. The molecule has 0 saturated heterocycles. The summed E-state index contributed by atoms with van der Waals surface area (Å²) < 4.78 is 83.2. The van der Waals surface area contributed by atoms with Gasteiger partial charge in [-0.25, -0.2) is 27.4 Å². The van der Waals surface area contributed by atoms with Gasteiger partial charge in [0, 0.05) is 12.5 Å². The van der Waals surface area contributed by atoms with Gasteiger partial charge >= 0.3 is 18.4 Å². The summed E-state index contributed by atoms with van der Waals surface area (Å²) in [4.78, 5) is 28.1. The Kier molecular flexibility index (Phi) is 12.6. The molecule has 48 heavy (non-hydrogen) atoms. The van der Waals surface area contributed by atoms with Crippen LogP contribution in [0.3, 0.4) is 0 Å². The molecule has 1 aromatic heterocycles. The summed E-state index contributed by atoms with van der Waals surface area (Å²) >= 11 is 0. The minimum absolute atomic E-state index is 0.115. The summed E-state index contributed by atoms with van der Waals surface area (Å²) in [6.07, 6.45) is -7.98. The molecule has 1 heterocycles. The minimum Gasteiger partial charge on any atom is -0.569 e. The van der Waals surface area contributed by atoms with E-state index in [-0.39, 0.29) is 40.8 Å². The number of hydrogen-bond acceptors (Lipinski definition) is 11. The van der Waals surface area contributed by atoms with E-state index >= 15 is 0 Å². The molecular formula is C29H35F3N6O9S. The van der Waals surface area contributed by atoms with E-state index in [4.69, 9.17) is 19.0 Å². The fourth-order valence-corrected chi connectivity index (χ4v) is 4.74. The molecule has 0 aliphatic carbocycles. The Labute approximate surface area is 274 Å². The second kappa shape index (κ2) is 16.2. The van der Waals surface area contributed by atoms with Crippen molar-refractivity contribution >= 4 is 22.3 Å². The SMILES string of the molecule is Cc1ccc(-c2cc(C(F)(F)F)nn2-c2ccc(S(=O)(=O)NC(=O)OCCCCN(C)/[N+]([O-])=N/OC(C)OC(=O)OC(C)C)cc2)cc1. The van der Waals surface area contributed by atoms with Crippen molar-refractivity contribution in [1.29, 1.82) is 0 Å². The molecule has 1 N–H and O–H groups in total. The summed E-state index contributed by atoms with van der Waals surface area (Å²) in [6, 6.07) is 12.4. The van der Waals surface area contributed by atoms with Gasteiger partial charge in [0.25, 0.3) is 16.3 Å². The molecule has 0 spiro atoms. The fourth-order valence-electron chi connectivity index (χ4n) is 3.85. The molecule has 0 aliphatic rings. The van der Waals surface area contributed by atoms with Crippen molar-refractivity contribution in [3.05, 3.63) is 71.1 Å². The van der Waals surface area contributed by atoms with Gasteiger partial charge in [0.15, 0.2) is 5.69 Å². The van der Waals surface area contributed by atoms with Crippen LogP contribution in [0.15, 0.2) is 64.8 Å². The van der Waals surface area contributed by atoms with Crippen molar-refractivity contribution < 1.29 is 55.2 Å². The van der Waals surface area contributed by atoms with Crippen LogP contribution in [0.5, 0.6) is 0 Å². The van der Waals surface area contributed by atoms with Crippen molar-refractivity contribution in [3.8, 4) is 16.9 Å². The lowest BCUT2D eigenvalue weighted by molar-refractivity contribution is -0.707. The summed E-state index contributed by atoms with van der Waals surface area (Å²) in [5.74, 6) is 0. The number of halogens is 3. The lowest BCUT2D eigenvalue weighted by atomic mass is 10.1. The maximum atomic E-state index is 13.5. The van der Waals surface area contributed by atoms with Gasteiger partial charge in [-0.1, -0.05) is 29.8 Å². The van der Waals surface area contributed by atoms with Gasteiger partial charge in [-0.15, -0.1) is 5.01 Å². The van der Waals surface area contributed by atoms with Crippen molar-refractivity contribution in [2.24, 2.45) is 5.28 Å². The monoisotopic (exact) mass is 700 g/mol. The molecule has 3 rings (SSSR count). The van der Waals surface area contributed by atoms with Crippen LogP contribution in [0.4, 0.5) is 22.8 Å². The molecule has 0 bridgehead atoms. The highest BCUT2D eigenvalue weighted by molar-refractivity contribution is 7.90. The summed E-state index contributed by atoms with van der Waals surface area (Å²) in [5, 5.41) is 20.0. The molecular weight excluding hydrogens is 665 g/mol. The van der Waals surface area contributed by atoms with E-state index in [1.807, 2.05) is 6.92 Å². The molecule has 19 heteroatoms. The van der Waals surface area contributed by atoms with E-state index in [1.54, 1.807) is 42.8 Å². The molecule has 15 nitrogen and oxygen atoms in total. The van der Waals surface area contributed by atoms with E-state index in [0.29, 0.717) is 12.0 Å². The summed E-state index contributed by atoms with van der Waals surface area (Å²) in [5.41, 5.74) is 0.541. The number of rotatable bonds is 14. The van der Waals surface area contributed by atoms with Gasteiger partial charge in [-0.2, -0.15) is 18.3 Å². The molecule has 262 valence electrons. The van der Waals surface area contributed by atoms with Crippen molar-refractivity contribution in [2.45, 2.75) is 64.0 Å². The van der Waals surface area contributed by atoms with Crippen LogP contribution in [0, 0.1) is 12.1 Å². The standard InChI is InChI=1S/C29H35F3N6O9S/c1-19(2)45-28(40)46-21(4)47-35-38(41)36(5)16-6-7-17-44-27(39)34-48(42,43)24-14-12-23(13-15-24)37-25(18-26(33-37)29(30,31)32)22-10-8-20(3)9-11-22/h8-15,18-19,21H,6-7,16-17H2,1-5H3,(H,34,39)/b38-35-. The first-order chi connectivity index (χ1) is 22.5. The zero-order valence-electron chi connectivity index (χ0n) is 26.6. The number of hydrogen-bond donors (Lipinski definition) is 1. The van der Waals surface area contributed by atoms with E-state index in [9.17, 15) is 36.4 Å². The Hall–Kier alpha value is -5.07. The van der Waals surface area contributed by atoms with Crippen LogP contribution in [0.25, 0.3) is 16.9 Å². The molecule has 1 atom stereocenters. The number of carbonyl (C=O) groups excluding carboxylic acids is 2. The average molecular weight is 701 g/mol. The van der Waals surface area contributed by atoms with E-state index in [1.165, 1.54) is 26.1 Å². The Morgan fingerprint density at radius 1 is 1.06 bits per heavy atom. The van der Waals surface area contributed by atoms with E-state index in [0.717, 1.165) is 33.5 Å². The second-order valence-corrected chi connectivity index (χ2v) is 12.2. The number of alkyl halides is 3. The predicted octanol–water partition coefficient (Wildman–Crippen LogP) is 5.71. The lowest BCUT2D eigenvalue weighted by Gasteiger charge is -2.14. The predicted molar refractivity (Wildman–Crippen MR) is 162 cm³/mol. The zero-order valence-corrected chi connectivity index (χ0v) is 27.4. The largest absolute Gasteiger partial charge is 0.569 e. The van der Waals surface area contributed by atoms with Crippen molar-refractivity contribution in [2.75, 3.05) is 20.2 Å². The third-order valence-corrected chi connectivity index (χ3v) is 7.55. The lowest BCUT2D eigenvalue weighted by Crippen LogP contribution is -2.31. The number of amides is 1. The number of sulfonamides is 1. The van der Waals surface area contributed by atoms with Gasteiger partial charge in [0.05, 0.1) is 47.5 Å². The number of aryl methyl sites for hydroxylation is 1. The van der Waals surface area contributed by atoms with E-state index in [2.05, 4.69) is 10.4 Å². The van der Waals surface area contributed by atoms with Gasteiger partial charge in [0.1, 0.15) is 0 Å². The highest BCUT2D eigenvalue weighted by Gasteiger charge is 2.35. The second-order valence-electron chi connectivity index (χ2n) is 10.6. The maximum absolute atomic E-state index is 13.5. The number of aromatic nitrogens is 2. The highest BCUT2D eigenvalue weighted by atomic mass is 32.2. The van der Waals surface area contributed by atoms with Crippen molar-refractivity contribution in [3.63, 3.8) is 0 Å². The molecule has 0 aliphatic heterocycles. The summed E-state index contributed by atoms with van der Waals surface area (Å²) in [7, 11) is -3.00. The third kappa shape index (κ3) is 11.0. The Morgan fingerprint density at radius 3 is 2.31 bits per heavy atom. The number of nitrogens with zero attached hydrogens (tertiary/aromatic N) is 5. The third-order valence-electron chi connectivity index (χ3n) is 6.22. The number of hydrazine groups is 1. The number of nitrogens with one attached hydrogen (secondary N) is 1. The number of carbonyl (C=O) groups is 2. The highest BCUT2D eigenvalue weighted by Crippen LogP contribution is 2.33. The maximum Gasteiger partial charge on any atom is 0.511 e. The quantitative estimate of drug-likeness (QED) is 0.0544. The van der Waals surface area contributed by atoms with Gasteiger partial charge in [0.2, 0.25) is 5.28 Å². The molecule has 0 saturated carbocycles. The van der Waals surface area contributed by atoms with Gasteiger partial charge in [-0.3, -0.25) is 4.84 Å². The van der Waals surface area contributed by atoms with Crippen LogP contribution >= 0.6 is 0 Å². The number of unbranched alkanes of at least 4 members (excludes halogenated alkanes) is 1. The molecule has 2 aromatic carbocycles. The van der Waals surface area contributed by atoms with Crippen LogP contribution < -0.4 is 4.72 Å². The average Bonchev–Trinajstić information content (AvgIpc) is 3.46. The molecule has 0 radical (unpaired) electrons. The van der Waals surface area contributed by atoms with Crippen LogP contribution in [-0.2, 0) is 35.2 Å².